The van der Waals surface area contributed by atoms with Gasteiger partial charge >= 0.3 is 0 Å². The van der Waals surface area contributed by atoms with Gasteiger partial charge in [-0.2, -0.15) is 4.31 Å². The molecule has 0 spiro atoms. The standard InChI is InChI=1S/C22H20Cl2N6O3S/c23-16-7-3-8-17(11-16)34(32,33)29-10-4-6-15(12-29)20-25-21-19(22(31)26-20)27-28-30(21)13-14-5-1-2-9-18(14)24/h1-3,5,7-9,11,15H,4,6,10,12-13H2,(H,25,26,31)/t15-/m0/s1. The number of nitrogens with one attached hydrogen (secondary N) is 1. The molecule has 1 aliphatic heterocycles. The Morgan fingerprint density at radius 2 is 1.94 bits per heavy atom. The number of hydrogen-bond donors (Lipinski definition) is 1. The Hall–Kier alpha value is -2.79. The van der Waals surface area contributed by atoms with E-state index in [1.807, 2.05) is 18.2 Å². The Morgan fingerprint density at radius 1 is 1.12 bits per heavy atom. The number of rotatable bonds is 5. The molecule has 1 fully saturated rings. The van der Waals surface area contributed by atoms with Crippen molar-refractivity contribution in [2.45, 2.75) is 30.2 Å². The minimum Gasteiger partial charge on any atom is -0.308 e. The van der Waals surface area contributed by atoms with Gasteiger partial charge in [0.05, 0.1) is 11.4 Å². The number of halogens is 2. The van der Waals surface area contributed by atoms with E-state index in [4.69, 9.17) is 23.2 Å². The predicted molar refractivity (Wildman–Crippen MR) is 129 cm³/mol. The Labute approximate surface area is 205 Å². The van der Waals surface area contributed by atoms with Crippen LogP contribution in [0.25, 0.3) is 11.2 Å². The second-order valence-corrected chi connectivity index (χ2v) is 10.9. The highest BCUT2D eigenvalue weighted by Gasteiger charge is 2.32. The van der Waals surface area contributed by atoms with E-state index in [2.05, 4.69) is 20.3 Å². The molecule has 1 saturated heterocycles. The van der Waals surface area contributed by atoms with Crippen LogP contribution < -0.4 is 5.56 Å². The third-order valence-electron chi connectivity index (χ3n) is 5.87. The monoisotopic (exact) mass is 518 g/mol. The highest BCUT2D eigenvalue weighted by Crippen LogP contribution is 2.29. The third-order valence-corrected chi connectivity index (χ3v) is 8.34. The molecule has 176 valence electrons. The van der Waals surface area contributed by atoms with E-state index >= 15 is 0 Å². The van der Waals surface area contributed by atoms with Gasteiger partial charge in [-0.25, -0.2) is 18.1 Å². The van der Waals surface area contributed by atoms with Crippen molar-refractivity contribution in [2.75, 3.05) is 13.1 Å². The second-order valence-electron chi connectivity index (χ2n) is 8.12. The van der Waals surface area contributed by atoms with E-state index in [1.165, 1.54) is 21.1 Å². The lowest BCUT2D eigenvalue weighted by atomic mass is 9.99. The summed E-state index contributed by atoms with van der Waals surface area (Å²) in [6.45, 7) is 0.866. The SMILES string of the molecule is O=c1[nH]c([C@H]2CCCN(S(=O)(=O)c3cccc(Cl)c3)C2)nc2c1nnn2Cc1ccccc1Cl. The van der Waals surface area contributed by atoms with Crippen LogP contribution in [0, 0.1) is 0 Å². The van der Waals surface area contributed by atoms with E-state index < -0.39 is 15.6 Å². The van der Waals surface area contributed by atoms with Crippen molar-refractivity contribution in [1.29, 1.82) is 0 Å². The molecule has 0 aliphatic carbocycles. The van der Waals surface area contributed by atoms with E-state index in [0.717, 1.165) is 5.56 Å². The van der Waals surface area contributed by atoms with Gasteiger partial charge in [0, 0.05) is 29.1 Å². The Kier molecular flexibility index (Phi) is 6.15. The van der Waals surface area contributed by atoms with E-state index in [-0.39, 0.29) is 22.9 Å². The molecule has 4 aromatic rings. The fraction of sp³-hybridized carbons (Fsp3) is 0.273. The molecule has 2 aromatic carbocycles. The summed E-state index contributed by atoms with van der Waals surface area (Å²) in [6, 6.07) is 13.5. The van der Waals surface area contributed by atoms with Crippen LogP contribution in [0.5, 0.6) is 0 Å². The van der Waals surface area contributed by atoms with E-state index in [0.29, 0.717) is 47.4 Å². The van der Waals surface area contributed by atoms with Gasteiger partial charge in [-0.3, -0.25) is 4.79 Å². The van der Waals surface area contributed by atoms with Gasteiger partial charge in [-0.15, -0.1) is 5.10 Å². The first-order valence-electron chi connectivity index (χ1n) is 10.7. The van der Waals surface area contributed by atoms with Crippen LogP contribution in [0.4, 0.5) is 0 Å². The molecule has 1 atom stereocenters. The lowest BCUT2D eigenvalue weighted by Gasteiger charge is -2.31. The largest absolute Gasteiger partial charge is 0.308 e. The molecule has 34 heavy (non-hydrogen) atoms. The van der Waals surface area contributed by atoms with Gasteiger partial charge < -0.3 is 4.98 Å². The van der Waals surface area contributed by atoms with E-state index in [1.54, 1.807) is 18.2 Å². The smallest absolute Gasteiger partial charge is 0.281 e. The molecular formula is C22H20Cl2N6O3S. The minimum atomic E-state index is -3.74. The van der Waals surface area contributed by atoms with Crippen LogP contribution in [-0.2, 0) is 16.6 Å². The fourth-order valence-electron chi connectivity index (χ4n) is 4.13. The molecule has 3 heterocycles. The number of hydrogen-bond acceptors (Lipinski definition) is 6. The topological polar surface area (TPSA) is 114 Å². The number of nitrogens with zero attached hydrogens (tertiary/aromatic N) is 5. The number of aromatic amines is 1. The van der Waals surface area contributed by atoms with Gasteiger partial charge in [-0.1, -0.05) is 52.7 Å². The van der Waals surface area contributed by atoms with Crippen LogP contribution in [0.1, 0.15) is 30.1 Å². The summed E-state index contributed by atoms with van der Waals surface area (Å²) in [4.78, 5) is 20.3. The molecular weight excluding hydrogens is 499 g/mol. The Bertz CT molecular complexity index is 1540. The first-order valence-corrected chi connectivity index (χ1v) is 12.8. The maximum Gasteiger partial charge on any atom is 0.281 e. The Balaban J connectivity index is 1.47. The normalized spacial score (nSPS) is 17.3. The minimum absolute atomic E-state index is 0.120. The lowest BCUT2D eigenvalue weighted by Crippen LogP contribution is -2.39. The number of sulfonamides is 1. The Morgan fingerprint density at radius 3 is 2.74 bits per heavy atom. The van der Waals surface area contributed by atoms with Crippen molar-refractivity contribution in [2.24, 2.45) is 0 Å². The zero-order valence-electron chi connectivity index (χ0n) is 17.9. The van der Waals surface area contributed by atoms with Crippen molar-refractivity contribution >= 4 is 44.4 Å². The molecule has 2 aromatic heterocycles. The summed E-state index contributed by atoms with van der Waals surface area (Å²) in [5.74, 6) is 0.120. The molecule has 0 radical (unpaired) electrons. The first-order chi connectivity index (χ1) is 16.3. The number of piperidine rings is 1. The average molecular weight is 519 g/mol. The highest BCUT2D eigenvalue weighted by molar-refractivity contribution is 7.89. The number of benzene rings is 2. The highest BCUT2D eigenvalue weighted by atomic mass is 35.5. The van der Waals surface area contributed by atoms with Crippen LogP contribution in [0.15, 0.2) is 58.2 Å². The molecule has 1 aliphatic rings. The van der Waals surface area contributed by atoms with Gasteiger partial charge in [0.15, 0.2) is 11.2 Å². The van der Waals surface area contributed by atoms with Crippen LogP contribution in [0.3, 0.4) is 0 Å². The maximum absolute atomic E-state index is 13.2. The van der Waals surface area contributed by atoms with E-state index in [9.17, 15) is 13.2 Å². The molecule has 0 unspecified atom stereocenters. The summed E-state index contributed by atoms with van der Waals surface area (Å²) in [7, 11) is -3.74. The molecule has 0 bridgehead atoms. The van der Waals surface area contributed by atoms with Crippen molar-refractivity contribution in [1.82, 2.24) is 29.3 Å². The van der Waals surface area contributed by atoms with Gasteiger partial charge in [-0.05, 0) is 42.7 Å². The number of aromatic nitrogens is 5. The van der Waals surface area contributed by atoms with Crippen molar-refractivity contribution < 1.29 is 8.42 Å². The average Bonchev–Trinajstić information content (AvgIpc) is 3.24. The zero-order valence-corrected chi connectivity index (χ0v) is 20.2. The van der Waals surface area contributed by atoms with Crippen LogP contribution >= 0.6 is 23.2 Å². The first kappa shape index (κ1) is 23.0. The number of H-pyrrole nitrogens is 1. The summed E-state index contributed by atoms with van der Waals surface area (Å²) in [6.07, 6.45) is 1.31. The van der Waals surface area contributed by atoms with Gasteiger partial charge in [0.1, 0.15) is 5.82 Å². The summed E-state index contributed by atoms with van der Waals surface area (Å²) < 4.78 is 29.3. The van der Waals surface area contributed by atoms with Crippen molar-refractivity contribution in [3.05, 3.63) is 80.3 Å². The molecule has 0 saturated carbocycles. The van der Waals surface area contributed by atoms with Gasteiger partial charge in [0.2, 0.25) is 10.0 Å². The van der Waals surface area contributed by atoms with Gasteiger partial charge in [0.25, 0.3) is 5.56 Å². The van der Waals surface area contributed by atoms with Crippen molar-refractivity contribution in [3.63, 3.8) is 0 Å². The quantitative estimate of drug-likeness (QED) is 0.432. The summed E-state index contributed by atoms with van der Waals surface area (Å²) >= 11 is 12.3. The molecule has 9 nitrogen and oxygen atoms in total. The zero-order chi connectivity index (χ0) is 23.9. The summed E-state index contributed by atoms with van der Waals surface area (Å²) in [5, 5.41) is 8.99. The molecule has 1 N–H and O–H groups in total. The molecule has 12 heteroatoms. The molecule has 5 rings (SSSR count). The third kappa shape index (κ3) is 4.34. The fourth-order valence-corrected chi connectivity index (χ4v) is 6.15. The number of fused-ring (bicyclic) bond motifs is 1. The lowest BCUT2D eigenvalue weighted by molar-refractivity contribution is 0.309. The van der Waals surface area contributed by atoms with Crippen LogP contribution in [0.2, 0.25) is 10.0 Å². The maximum atomic E-state index is 13.2. The predicted octanol–water partition coefficient (Wildman–Crippen LogP) is 3.44. The molecule has 0 amide bonds. The van der Waals surface area contributed by atoms with Crippen molar-refractivity contribution in [3.8, 4) is 0 Å². The van der Waals surface area contributed by atoms with Crippen LogP contribution in [-0.4, -0.2) is 50.8 Å². The second kappa shape index (κ2) is 9.10. The summed E-state index contributed by atoms with van der Waals surface area (Å²) in [5.41, 5.74) is 0.847.